The Morgan fingerprint density at radius 3 is 2.21 bits per heavy atom. The Kier molecular flexibility index (Phi) is 4.79. The van der Waals surface area contributed by atoms with E-state index in [2.05, 4.69) is 31.2 Å². The van der Waals surface area contributed by atoms with E-state index in [0.717, 1.165) is 25.7 Å². The lowest BCUT2D eigenvalue weighted by atomic mass is 9.81. The average molecular weight is 280 g/mol. The van der Waals surface area contributed by atoms with Gasteiger partial charge in [0.1, 0.15) is 0 Å². The summed E-state index contributed by atoms with van der Waals surface area (Å²) in [6, 6.07) is 11.4. The van der Waals surface area contributed by atoms with Crippen LogP contribution in [-0.4, -0.2) is 36.0 Å². The Labute approximate surface area is 117 Å². The SMILES string of the molecule is CCC1(CC[Si](OC)(OC)c2ccccc2)COC1. The summed E-state index contributed by atoms with van der Waals surface area (Å²) >= 11 is 0. The highest BCUT2D eigenvalue weighted by Crippen LogP contribution is 2.38. The van der Waals surface area contributed by atoms with E-state index in [1.165, 1.54) is 11.6 Å². The lowest BCUT2D eigenvalue weighted by molar-refractivity contribution is -0.117. The molecule has 0 amide bonds. The molecule has 1 aliphatic rings. The van der Waals surface area contributed by atoms with Crippen molar-refractivity contribution in [2.45, 2.75) is 25.8 Å². The van der Waals surface area contributed by atoms with Gasteiger partial charge in [-0.1, -0.05) is 37.3 Å². The zero-order valence-electron chi connectivity index (χ0n) is 12.1. The molecule has 1 saturated heterocycles. The third kappa shape index (κ3) is 2.92. The van der Waals surface area contributed by atoms with Gasteiger partial charge < -0.3 is 13.6 Å². The quantitative estimate of drug-likeness (QED) is 0.718. The molecule has 4 heteroatoms. The van der Waals surface area contributed by atoms with Crippen molar-refractivity contribution in [1.82, 2.24) is 0 Å². The van der Waals surface area contributed by atoms with Crippen molar-refractivity contribution < 1.29 is 13.6 Å². The first kappa shape index (κ1) is 14.7. The van der Waals surface area contributed by atoms with E-state index in [1.54, 1.807) is 14.2 Å². The molecule has 1 aromatic carbocycles. The molecule has 106 valence electrons. The summed E-state index contributed by atoms with van der Waals surface area (Å²) in [5.41, 5.74) is 0.351. The maximum atomic E-state index is 5.86. The highest BCUT2D eigenvalue weighted by Gasteiger charge is 2.43. The van der Waals surface area contributed by atoms with Gasteiger partial charge in [0.25, 0.3) is 0 Å². The fraction of sp³-hybridized carbons (Fsp3) is 0.600. The zero-order chi connectivity index (χ0) is 13.8. The second kappa shape index (κ2) is 6.18. The highest BCUT2D eigenvalue weighted by molar-refractivity contribution is 6.81. The van der Waals surface area contributed by atoms with Gasteiger partial charge in [0, 0.05) is 19.6 Å². The third-order valence-corrected chi connectivity index (χ3v) is 7.86. The first-order chi connectivity index (χ1) is 9.20. The number of rotatable bonds is 7. The first-order valence-corrected chi connectivity index (χ1v) is 8.96. The number of ether oxygens (including phenoxy) is 1. The van der Waals surface area contributed by atoms with Crippen molar-refractivity contribution in [3.8, 4) is 0 Å². The molecule has 0 spiro atoms. The maximum Gasteiger partial charge on any atom is 0.372 e. The molecule has 3 nitrogen and oxygen atoms in total. The van der Waals surface area contributed by atoms with Crippen LogP contribution < -0.4 is 5.19 Å². The molecule has 1 aliphatic heterocycles. The van der Waals surface area contributed by atoms with Crippen molar-refractivity contribution in [2.75, 3.05) is 27.4 Å². The first-order valence-electron chi connectivity index (χ1n) is 6.94. The van der Waals surface area contributed by atoms with E-state index in [4.69, 9.17) is 13.6 Å². The normalized spacial score (nSPS) is 18.1. The van der Waals surface area contributed by atoms with E-state index in [1.807, 2.05) is 6.07 Å². The van der Waals surface area contributed by atoms with Crippen molar-refractivity contribution >= 4 is 13.7 Å². The minimum atomic E-state index is -2.28. The Bertz CT molecular complexity index is 380. The van der Waals surface area contributed by atoms with E-state index in [0.29, 0.717) is 5.41 Å². The molecule has 2 rings (SSSR count). The second-order valence-electron chi connectivity index (χ2n) is 5.37. The van der Waals surface area contributed by atoms with E-state index in [-0.39, 0.29) is 0 Å². The Morgan fingerprint density at radius 2 is 1.79 bits per heavy atom. The van der Waals surface area contributed by atoms with Crippen LogP contribution in [0.3, 0.4) is 0 Å². The molecule has 1 heterocycles. The molecule has 0 atom stereocenters. The van der Waals surface area contributed by atoms with Crippen LogP contribution in [0.15, 0.2) is 30.3 Å². The van der Waals surface area contributed by atoms with Gasteiger partial charge in [-0.05, 0) is 24.1 Å². The van der Waals surface area contributed by atoms with Gasteiger partial charge in [0.2, 0.25) is 0 Å². The van der Waals surface area contributed by atoms with Crippen molar-refractivity contribution in [1.29, 1.82) is 0 Å². The molecule has 1 fully saturated rings. The van der Waals surface area contributed by atoms with Gasteiger partial charge in [-0.2, -0.15) is 0 Å². The van der Waals surface area contributed by atoms with Gasteiger partial charge in [-0.25, -0.2) is 0 Å². The zero-order valence-corrected chi connectivity index (χ0v) is 13.1. The largest absolute Gasteiger partial charge is 0.394 e. The van der Waals surface area contributed by atoms with Gasteiger partial charge in [-0.3, -0.25) is 0 Å². The number of hydrogen-bond acceptors (Lipinski definition) is 3. The molecule has 0 radical (unpaired) electrons. The van der Waals surface area contributed by atoms with E-state index >= 15 is 0 Å². The van der Waals surface area contributed by atoms with Crippen LogP contribution in [0.2, 0.25) is 6.04 Å². The van der Waals surface area contributed by atoms with Crippen molar-refractivity contribution in [3.05, 3.63) is 30.3 Å². The fourth-order valence-corrected chi connectivity index (χ4v) is 5.60. The predicted octanol–water partition coefficient (Wildman–Crippen LogP) is 2.45. The Morgan fingerprint density at radius 1 is 1.16 bits per heavy atom. The van der Waals surface area contributed by atoms with Crippen LogP contribution in [0.25, 0.3) is 0 Å². The summed E-state index contributed by atoms with van der Waals surface area (Å²) in [5, 5.41) is 1.21. The number of benzene rings is 1. The van der Waals surface area contributed by atoms with Crippen molar-refractivity contribution in [2.24, 2.45) is 5.41 Å². The molecule has 0 bridgehead atoms. The standard InChI is InChI=1S/C15H24O3Si/c1-4-15(12-18-13-15)10-11-19(16-2,17-3)14-8-6-5-7-9-14/h5-9H,4,10-13H2,1-3H3. The molecule has 19 heavy (non-hydrogen) atoms. The van der Waals surface area contributed by atoms with Gasteiger partial charge >= 0.3 is 8.56 Å². The molecule has 0 aliphatic carbocycles. The van der Waals surface area contributed by atoms with Crippen LogP contribution in [0, 0.1) is 5.41 Å². The Balaban J connectivity index is 2.11. The molecule has 1 aromatic rings. The summed E-state index contributed by atoms with van der Waals surface area (Å²) < 4.78 is 17.1. The van der Waals surface area contributed by atoms with Gasteiger partial charge in [-0.15, -0.1) is 0 Å². The van der Waals surface area contributed by atoms with E-state index < -0.39 is 8.56 Å². The van der Waals surface area contributed by atoms with Crippen LogP contribution in [0.1, 0.15) is 19.8 Å². The molecule has 0 aromatic heterocycles. The van der Waals surface area contributed by atoms with Crippen LogP contribution in [-0.2, 0) is 13.6 Å². The lowest BCUT2D eigenvalue weighted by Crippen LogP contribution is -2.54. The van der Waals surface area contributed by atoms with Crippen molar-refractivity contribution in [3.63, 3.8) is 0 Å². The average Bonchev–Trinajstić information content (AvgIpc) is 2.44. The van der Waals surface area contributed by atoms with Gasteiger partial charge in [0.15, 0.2) is 0 Å². The molecule has 0 N–H and O–H groups in total. The summed E-state index contributed by atoms with van der Waals surface area (Å²) in [4.78, 5) is 0. The van der Waals surface area contributed by atoms with Crippen LogP contribution >= 0.6 is 0 Å². The lowest BCUT2D eigenvalue weighted by Gasteiger charge is -2.42. The fourth-order valence-electron chi connectivity index (χ4n) is 2.71. The topological polar surface area (TPSA) is 27.7 Å². The van der Waals surface area contributed by atoms with E-state index in [9.17, 15) is 0 Å². The maximum absolute atomic E-state index is 5.86. The molecular weight excluding hydrogens is 256 g/mol. The molecule has 0 saturated carbocycles. The number of hydrogen-bond donors (Lipinski definition) is 0. The monoisotopic (exact) mass is 280 g/mol. The smallest absolute Gasteiger partial charge is 0.372 e. The van der Waals surface area contributed by atoms with Crippen LogP contribution in [0.5, 0.6) is 0 Å². The summed E-state index contributed by atoms with van der Waals surface area (Å²) in [6.07, 6.45) is 2.28. The summed E-state index contributed by atoms with van der Waals surface area (Å²) in [5.74, 6) is 0. The Hall–Kier alpha value is -0.683. The van der Waals surface area contributed by atoms with Gasteiger partial charge in [0.05, 0.1) is 13.2 Å². The predicted molar refractivity (Wildman–Crippen MR) is 78.8 cm³/mol. The third-order valence-electron chi connectivity index (χ3n) is 4.42. The second-order valence-corrected chi connectivity index (χ2v) is 8.77. The molecular formula is C15H24O3Si. The minimum Gasteiger partial charge on any atom is -0.394 e. The highest BCUT2D eigenvalue weighted by atomic mass is 28.4. The summed E-state index contributed by atoms with van der Waals surface area (Å²) in [7, 11) is 1.27. The summed E-state index contributed by atoms with van der Waals surface area (Å²) in [6.45, 7) is 4.01. The molecule has 0 unspecified atom stereocenters. The van der Waals surface area contributed by atoms with Crippen LogP contribution in [0.4, 0.5) is 0 Å². The minimum absolute atomic E-state index is 0.351.